The molecule has 2 aliphatic rings. The van der Waals surface area contributed by atoms with Gasteiger partial charge in [-0.15, -0.1) is 0 Å². The van der Waals surface area contributed by atoms with Crippen LogP contribution in [-0.4, -0.2) is 11.7 Å². The van der Waals surface area contributed by atoms with Crippen LogP contribution in [0.15, 0.2) is 12.2 Å². The molecular weight excluding hydrogens is 148 g/mol. The number of fused-ring (bicyclic) bond motifs is 2. The molecule has 1 heteroatoms. The van der Waals surface area contributed by atoms with Crippen LogP contribution >= 0.6 is 0 Å². The van der Waals surface area contributed by atoms with Crippen LogP contribution in [-0.2, 0) is 0 Å². The number of aliphatic hydroxyl groups is 1. The number of hydrogen-bond donors (Lipinski definition) is 1. The molecule has 2 atom stereocenters. The first kappa shape index (κ1) is 8.31. The summed E-state index contributed by atoms with van der Waals surface area (Å²) in [5.74, 6) is 0.768. The Hall–Kier alpha value is -0.300. The lowest BCUT2D eigenvalue weighted by Gasteiger charge is -2.37. The van der Waals surface area contributed by atoms with Crippen molar-refractivity contribution >= 4 is 0 Å². The molecule has 0 heterocycles. The van der Waals surface area contributed by atoms with Crippen LogP contribution in [0, 0.1) is 16.7 Å². The highest BCUT2D eigenvalue weighted by molar-refractivity contribution is 5.23. The first-order valence-electron chi connectivity index (χ1n) is 4.93. The Bertz CT molecular complexity index is 217. The molecule has 0 radical (unpaired) electrons. The summed E-state index contributed by atoms with van der Waals surface area (Å²) in [5, 5.41) is 9.04. The molecular formula is C11H18O. The van der Waals surface area contributed by atoms with Crippen LogP contribution in [0.5, 0.6) is 0 Å². The highest BCUT2D eigenvalue weighted by Gasteiger charge is 2.54. The number of allylic oxidation sites excluding steroid dienone is 2. The molecule has 0 aliphatic heterocycles. The van der Waals surface area contributed by atoms with Gasteiger partial charge in [0.15, 0.2) is 0 Å². The van der Waals surface area contributed by atoms with E-state index in [0.29, 0.717) is 17.4 Å². The topological polar surface area (TPSA) is 20.2 Å². The maximum atomic E-state index is 9.04. The van der Waals surface area contributed by atoms with E-state index < -0.39 is 0 Å². The SMILES string of the molecule is CC1(C)C2C=CC1(CCO)CC2. The Kier molecular flexibility index (Phi) is 1.63. The van der Waals surface area contributed by atoms with Gasteiger partial charge in [-0.05, 0) is 36.0 Å². The maximum Gasteiger partial charge on any atom is 0.0439 e. The van der Waals surface area contributed by atoms with Crippen LogP contribution in [0.25, 0.3) is 0 Å². The van der Waals surface area contributed by atoms with E-state index in [9.17, 15) is 0 Å². The lowest BCUT2D eigenvalue weighted by atomic mass is 9.67. The Morgan fingerprint density at radius 2 is 2.25 bits per heavy atom. The number of rotatable bonds is 2. The molecule has 0 spiro atoms. The molecule has 2 aliphatic carbocycles. The van der Waals surface area contributed by atoms with E-state index >= 15 is 0 Å². The summed E-state index contributed by atoms with van der Waals surface area (Å²) in [6, 6.07) is 0. The largest absolute Gasteiger partial charge is 0.396 e. The molecule has 1 fully saturated rings. The molecule has 0 aromatic rings. The van der Waals surface area contributed by atoms with Gasteiger partial charge < -0.3 is 5.11 Å². The third-order valence-electron chi connectivity index (χ3n) is 4.32. The van der Waals surface area contributed by atoms with Crippen molar-refractivity contribution in [2.24, 2.45) is 16.7 Å². The molecule has 2 rings (SSSR count). The molecule has 1 nitrogen and oxygen atoms in total. The standard InChI is InChI=1S/C11H18O/c1-10(2)9-3-5-11(10,6-4-9)7-8-12/h3,5,9,12H,4,6-8H2,1-2H3. The second-order valence-electron chi connectivity index (χ2n) is 4.86. The first-order valence-corrected chi connectivity index (χ1v) is 4.93. The fourth-order valence-electron chi connectivity index (χ4n) is 3.13. The zero-order valence-corrected chi connectivity index (χ0v) is 8.01. The van der Waals surface area contributed by atoms with E-state index in [0.717, 1.165) is 12.3 Å². The van der Waals surface area contributed by atoms with Crippen molar-refractivity contribution in [2.45, 2.75) is 33.1 Å². The molecule has 2 bridgehead atoms. The minimum atomic E-state index is 0.326. The highest BCUT2D eigenvalue weighted by atomic mass is 16.3. The summed E-state index contributed by atoms with van der Waals surface area (Å²) >= 11 is 0. The molecule has 2 unspecified atom stereocenters. The molecule has 1 N–H and O–H groups in total. The van der Waals surface area contributed by atoms with E-state index in [2.05, 4.69) is 26.0 Å². The zero-order valence-electron chi connectivity index (χ0n) is 8.01. The molecule has 0 amide bonds. The summed E-state index contributed by atoms with van der Waals surface area (Å²) in [6.07, 6.45) is 8.27. The molecule has 0 aromatic carbocycles. The van der Waals surface area contributed by atoms with Gasteiger partial charge in [-0.25, -0.2) is 0 Å². The van der Waals surface area contributed by atoms with Crippen molar-refractivity contribution in [3.05, 3.63) is 12.2 Å². The Balaban J connectivity index is 2.30. The van der Waals surface area contributed by atoms with Gasteiger partial charge in [0.2, 0.25) is 0 Å². The lowest BCUT2D eigenvalue weighted by molar-refractivity contribution is 0.116. The predicted octanol–water partition coefficient (Wildman–Crippen LogP) is 2.36. The number of hydrogen-bond acceptors (Lipinski definition) is 1. The van der Waals surface area contributed by atoms with Gasteiger partial charge in [0, 0.05) is 6.61 Å². The zero-order chi connectivity index (χ0) is 8.82. The monoisotopic (exact) mass is 166 g/mol. The maximum absolute atomic E-state index is 9.04. The van der Waals surface area contributed by atoms with Gasteiger partial charge in [0.25, 0.3) is 0 Å². The summed E-state index contributed by atoms with van der Waals surface area (Å²) < 4.78 is 0. The Labute approximate surface area is 74.5 Å². The summed E-state index contributed by atoms with van der Waals surface area (Å²) in [7, 11) is 0. The fourth-order valence-corrected chi connectivity index (χ4v) is 3.13. The van der Waals surface area contributed by atoms with E-state index in [4.69, 9.17) is 5.11 Å². The lowest BCUT2D eigenvalue weighted by Crippen LogP contribution is -2.31. The van der Waals surface area contributed by atoms with Crippen LogP contribution in [0.4, 0.5) is 0 Å². The molecule has 0 saturated heterocycles. The van der Waals surface area contributed by atoms with Gasteiger partial charge >= 0.3 is 0 Å². The van der Waals surface area contributed by atoms with Gasteiger partial charge in [-0.3, -0.25) is 0 Å². The first-order chi connectivity index (χ1) is 5.62. The minimum absolute atomic E-state index is 0.326. The second-order valence-corrected chi connectivity index (χ2v) is 4.86. The average molecular weight is 166 g/mol. The molecule has 12 heavy (non-hydrogen) atoms. The highest BCUT2D eigenvalue weighted by Crippen LogP contribution is 2.63. The minimum Gasteiger partial charge on any atom is -0.396 e. The summed E-state index contributed by atoms with van der Waals surface area (Å²) in [5.41, 5.74) is 0.724. The van der Waals surface area contributed by atoms with E-state index in [1.807, 2.05) is 0 Å². The summed E-state index contributed by atoms with van der Waals surface area (Å²) in [4.78, 5) is 0. The quantitative estimate of drug-likeness (QED) is 0.624. The van der Waals surface area contributed by atoms with E-state index in [1.54, 1.807) is 0 Å². The van der Waals surface area contributed by atoms with Crippen molar-refractivity contribution in [2.75, 3.05) is 6.61 Å². The second kappa shape index (κ2) is 2.35. The molecule has 0 aromatic heterocycles. The number of aliphatic hydroxyl groups excluding tert-OH is 1. The van der Waals surface area contributed by atoms with Crippen LogP contribution in [0.2, 0.25) is 0 Å². The predicted molar refractivity (Wildman–Crippen MR) is 49.8 cm³/mol. The molecule has 68 valence electrons. The van der Waals surface area contributed by atoms with Gasteiger partial charge in [-0.1, -0.05) is 26.0 Å². The van der Waals surface area contributed by atoms with Crippen molar-refractivity contribution < 1.29 is 5.11 Å². The Morgan fingerprint density at radius 3 is 2.58 bits per heavy atom. The van der Waals surface area contributed by atoms with Crippen molar-refractivity contribution in [1.82, 2.24) is 0 Å². The van der Waals surface area contributed by atoms with E-state index in [-0.39, 0.29) is 0 Å². The van der Waals surface area contributed by atoms with Crippen LogP contribution in [0.1, 0.15) is 33.1 Å². The Morgan fingerprint density at radius 1 is 1.50 bits per heavy atom. The van der Waals surface area contributed by atoms with Crippen LogP contribution < -0.4 is 0 Å². The normalized spacial score (nSPS) is 42.4. The van der Waals surface area contributed by atoms with Crippen LogP contribution in [0.3, 0.4) is 0 Å². The van der Waals surface area contributed by atoms with Crippen molar-refractivity contribution in [1.29, 1.82) is 0 Å². The van der Waals surface area contributed by atoms with Gasteiger partial charge in [-0.2, -0.15) is 0 Å². The fraction of sp³-hybridized carbons (Fsp3) is 0.818. The van der Waals surface area contributed by atoms with Crippen molar-refractivity contribution in [3.63, 3.8) is 0 Å². The average Bonchev–Trinajstić information content (AvgIpc) is 2.39. The van der Waals surface area contributed by atoms with Crippen molar-refractivity contribution in [3.8, 4) is 0 Å². The van der Waals surface area contributed by atoms with Gasteiger partial charge in [0.1, 0.15) is 0 Å². The van der Waals surface area contributed by atoms with Gasteiger partial charge in [0.05, 0.1) is 0 Å². The third-order valence-corrected chi connectivity index (χ3v) is 4.32. The molecule has 1 saturated carbocycles. The van der Waals surface area contributed by atoms with E-state index in [1.165, 1.54) is 12.8 Å². The smallest absolute Gasteiger partial charge is 0.0439 e. The summed E-state index contributed by atoms with van der Waals surface area (Å²) in [6.45, 7) is 5.03. The third kappa shape index (κ3) is 0.779.